The molecule has 1 fully saturated rings. The van der Waals surface area contributed by atoms with Crippen molar-refractivity contribution in [2.24, 2.45) is 0 Å². The minimum Gasteiger partial charge on any atom is -0.399 e. The Bertz CT molecular complexity index is 482. The third kappa shape index (κ3) is 3.33. The number of sulfone groups is 1. The van der Waals surface area contributed by atoms with Crippen LogP contribution in [0.3, 0.4) is 0 Å². The molecule has 0 amide bonds. The summed E-state index contributed by atoms with van der Waals surface area (Å²) in [6, 6.07) is 4.32. The quantitative estimate of drug-likeness (QED) is 0.786. The van der Waals surface area contributed by atoms with E-state index >= 15 is 0 Å². The molecule has 17 heavy (non-hydrogen) atoms. The molecule has 0 aliphatic carbocycles. The SMILES string of the molecule is Nc1cc(F)cc(NC2CCS(=O)(=O)CC2)c1. The minimum absolute atomic E-state index is 0.0692. The lowest BCUT2D eigenvalue weighted by atomic mass is 10.1. The first-order valence-corrected chi connectivity index (χ1v) is 7.30. The first-order valence-electron chi connectivity index (χ1n) is 5.48. The summed E-state index contributed by atoms with van der Waals surface area (Å²) in [4.78, 5) is 0. The second-order valence-electron chi connectivity index (χ2n) is 4.34. The largest absolute Gasteiger partial charge is 0.399 e. The number of hydrogen-bond donors (Lipinski definition) is 2. The maximum absolute atomic E-state index is 13.1. The van der Waals surface area contributed by atoms with Gasteiger partial charge < -0.3 is 11.1 Å². The molecule has 3 N–H and O–H groups in total. The third-order valence-corrected chi connectivity index (χ3v) is 4.56. The Morgan fingerprint density at radius 3 is 2.47 bits per heavy atom. The summed E-state index contributed by atoms with van der Waals surface area (Å²) in [6.07, 6.45) is 1.11. The first-order chi connectivity index (χ1) is 7.94. The number of nitrogen functional groups attached to an aromatic ring is 1. The molecule has 6 heteroatoms. The average Bonchev–Trinajstić information content (AvgIpc) is 2.20. The van der Waals surface area contributed by atoms with Crippen LogP contribution in [0.1, 0.15) is 12.8 Å². The number of benzene rings is 1. The molecule has 0 aromatic heterocycles. The molecule has 2 rings (SSSR count). The van der Waals surface area contributed by atoms with Gasteiger partial charge in [-0.05, 0) is 31.0 Å². The molecule has 0 unspecified atom stereocenters. The van der Waals surface area contributed by atoms with Gasteiger partial charge in [-0.3, -0.25) is 0 Å². The molecule has 94 valence electrons. The molecule has 0 saturated carbocycles. The number of anilines is 2. The number of rotatable bonds is 2. The molecule has 1 aromatic carbocycles. The van der Waals surface area contributed by atoms with E-state index in [-0.39, 0.29) is 17.5 Å². The number of nitrogens with two attached hydrogens (primary N) is 1. The topological polar surface area (TPSA) is 72.2 Å². The molecule has 4 nitrogen and oxygen atoms in total. The van der Waals surface area contributed by atoms with Gasteiger partial charge in [-0.15, -0.1) is 0 Å². The Labute approximate surface area is 99.9 Å². The van der Waals surface area contributed by atoms with Gasteiger partial charge in [0.05, 0.1) is 11.5 Å². The molecule has 0 radical (unpaired) electrons. The average molecular weight is 258 g/mol. The van der Waals surface area contributed by atoms with Crippen LogP contribution in [0.15, 0.2) is 18.2 Å². The van der Waals surface area contributed by atoms with Crippen molar-refractivity contribution < 1.29 is 12.8 Å². The Balaban J connectivity index is 2.02. The summed E-state index contributed by atoms with van der Waals surface area (Å²) in [5.74, 6) is -0.0128. The van der Waals surface area contributed by atoms with E-state index in [9.17, 15) is 12.8 Å². The summed E-state index contributed by atoms with van der Waals surface area (Å²) in [5.41, 5.74) is 6.49. The smallest absolute Gasteiger partial charge is 0.150 e. The van der Waals surface area contributed by atoms with Gasteiger partial charge in [0.2, 0.25) is 0 Å². The second kappa shape index (κ2) is 4.52. The number of hydrogen-bond acceptors (Lipinski definition) is 4. The van der Waals surface area contributed by atoms with E-state index in [0.29, 0.717) is 24.2 Å². The Morgan fingerprint density at radius 2 is 1.88 bits per heavy atom. The molecular weight excluding hydrogens is 243 g/mol. The summed E-state index contributed by atoms with van der Waals surface area (Å²) in [5, 5.41) is 3.12. The van der Waals surface area contributed by atoms with E-state index in [0.717, 1.165) is 0 Å². The van der Waals surface area contributed by atoms with Gasteiger partial charge in [-0.1, -0.05) is 0 Å². The van der Waals surface area contributed by atoms with Crippen molar-refractivity contribution in [2.45, 2.75) is 18.9 Å². The highest BCUT2D eigenvalue weighted by atomic mass is 32.2. The Kier molecular flexibility index (Phi) is 3.24. The molecule has 1 saturated heterocycles. The van der Waals surface area contributed by atoms with Crippen LogP contribution in [0.25, 0.3) is 0 Å². The van der Waals surface area contributed by atoms with E-state index in [1.165, 1.54) is 12.1 Å². The monoisotopic (exact) mass is 258 g/mol. The zero-order valence-corrected chi connectivity index (χ0v) is 10.1. The predicted octanol–water partition coefficient (Wildman–Crippen LogP) is 1.40. The lowest BCUT2D eigenvalue weighted by Gasteiger charge is -2.24. The Morgan fingerprint density at radius 1 is 1.24 bits per heavy atom. The minimum atomic E-state index is -2.86. The van der Waals surface area contributed by atoms with Crippen LogP contribution in [0.5, 0.6) is 0 Å². The maximum Gasteiger partial charge on any atom is 0.150 e. The Hall–Kier alpha value is -1.30. The molecule has 1 aliphatic rings. The van der Waals surface area contributed by atoms with Crippen molar-refractivity contribution in [1.82, 2.24) is 0 Å². The van der Waals surface area contributed by atoms with Gasteiger partial charge in [-0.25, -0.2) is 12.8 Å². The molecule has 1 heterocycles. The van der Waals surface area contributed by atoms with Crippen molar-refractivity contribution in [3.05, 3.63) is 24.0 Å². The van der Waals surface area contributed by atoms with Gasteiger partial charge in [0.25, 0.3) is 0 Å². The fraction of sp³-hybridized carbons (Fsp3) is 0.455. The third-order valence-electron chi connectivity index (χ3n) is 2.85. The fourth-order valence-electron chi connectivity index (χ4n) is 1.97. The predicted molar refractivity (Wildman–Crippen MR) is 66.1 cm³/mol. The summed E-state index contributed by atoms with van der Waals surface area (Å²) < 4.78 is 35.6. The summed E-state index contributed by atoms with van der Waals surface area (Å²) in [7, 11) is -2.86. The summed E-state index contributed by atoms with van der Waals surface area (Å²) >= 11 is 0. The van der Waals surface area contributed by atoms with Crippen LogP contribution in [-0.2, 0) is 9.84 Å². The van der Waals surface area contributed by atoms with Crippen molar-refractivity contribution >= 4 is 21.2 Å². The van der Waals surface area contributed by atoms with Crippen LogP contribution in [-0.4, -0.2) is 26.0 Å². The highest BCUT2D eigenvalue weighted by molar-refractivity contribution is 7.91. The van der Waals surface area contributed by atoms with Crippen LogP contribution >= 0.6 is 0 Å². The molecular formula is C11H15FN2O2S. The van der Waals surface area contributed by atoms with Gasteiger partial charge in [0.1, 0.15) is 15.7 Å². The van der Waals surface area contributed by atoms with E-state index in [2.05, 4.69) is 5.32 Å². The summed E-state index contributed by atoms with van der Waals surface area (Å²) in [6.45, 7) is 0. The number of nitrogens with one attached hydrogen (secondary N) is 1. The zero-order valence-electron chi connectivity index (χ0n) is 9.32. The number of halogens is 1. The lowest BCUT2D eigenvalue weighted by Crippen LogP contribution is -2.32. The van der Waals surface area contributed by atoms with Crippen molar-refractivity contribution in [3.8, 4) is 0 Å². The highest BCUT2D eigenvalue weighted by Gasteiger charge is 2.23. The molecule has 1 aromatic rings. The van der Waals surface area contributed by atoms with Gasteiger partial charge >= 0.3 is 0 Å². The molecule has 0 atom stereocenters. The standard InChI is InChI=1S/C11H15FN2O2S/c12-8-5-9(13)7-11(6-8)14-10-1-3-17(15,16)4-2-10/h5-7,10,14H,1-4,13H2. The molecule has 0 bridgehead atoms. The molecule has 0 spiro atoms. The highest BCUT2D eigenvalue weighted by Crippen LogP contribution is 2.20. The fourth-order valence-corrected chi connectivity index (χ4v) is 3.46. The zero-order chi connectivity index (χ0) is 12.5. The van der Waals surface area contributed by atoms with E-state index < -0.39 is 15.7 Å². The van der Waals surface area contributed by atoms with Gasteiger partial charge in [0.15, 0.2) is 0 Å². The first kappa shape index (κ1) is 12.2. The van der Waals surface area contributed by atoms with Crippen molar-refractivity contribution in [1.29, 1.82) is 0 Å². The van der Waals surface area contributed by atoms with Crippen molar-refractivity contribution in [2.75, 3.05) is 22.6 Å². The van der Waals surface area contributed by atoms with Gasteiger partial charge in [0, 0.05) is 17.4 Å². The van der Waals surface area contributed by atoms with E-state index in [1.54, 1.807) is 6.07 Å². The van der Waals surface area contributed by atoms with E-state index in [1.807, 2.05) is 0 Å². The van der Waals surface area contributed by atoms with Crippen molar-refractivity contribution in [3.63, 3.8) is 0 Å². The van der Waals surface area contributed by atoms with Crippen LogP contribution in [0.4, 0.5) is 15.8 Å². The van der Waals surface area contributed by atoms with Crippen LogP contribution in [0.2, 0.25) is 0 Å². The second-order valence-corrected chi connectivity index (χ2v) is 6.65. The molecule has 1 aliphatic heterocycles. The van der Waals surface area contributed by atoms with Gasteiger partial charge in [-0.2, -0.15) is 0 Å². The maximum atomic E-state index is 13.1. The van der Waals surface area contributed by atoms with Crippen LogP contribution < -0.4 is 11.1 Å². The lowest BCUT2D eigenvalue weighted by molar-refractivity contribution is 0.559. The van der Waals surface area contributed by atoms with Crippen LogP contribution in [0, 0.1) is 5.82 Å². The van der Waals surface area contributed by atoms with E-state index in [4.69, 9.17) is 5.73 Å². The normalized spacial score (nSPS) is 20.1.